The summed E-state index contributed by atoms with van der Waals surface area (Å²) < 4.78 is 5.09. The lowest BCUT2D eigenvalue weighted by Crippen LogP contribution is -1.99. The fourth-order valence-electron chi connectivity index (χ4n) is 1.68. The van der Waals surface area contributed by atoms with E-state index in [1.807, 2.05) is 24.3 Å². The standard InChI is InChI=1S/C11H11N7O/c1-19-7-4-2-6(3-5-7)18-16-8-9(12)14-11(13)15-10(8)17-18/h2-5H,1H3,(H4,12,13,14,15,17). The Balaban J connectivity index is 2.12. The fraction of sp³-hybridized carbons (Fsp3) is 0.0909. The van der Waals surface area contributed by atoms with Crippen molar-refractivity contribution < 1.29 is 4.74 Å². The van der Waals surface area contributed by atoms with Crippen LogP contribution >= 0.6 is 0 Å². The van der Waals surface area contributed by atoms with Crippen LogP contribution in [0.15, 0.2) is 24.3 Å². The summed E-state index contributed by atoms with van der Waals surface area (Å²) in [6, 6.07) is 7.27. The first-order chi connectivity index (χ1) is 9.17. The Labute approximate surface area is 108 Å². The molecule has 8 heteroatoms. The quantitative estimate of drug-likeness (QED) is 0.681. The van der Waals surface area contributed by atoms with Gasteiger partial charge in [-0.2, -0.15) is 9.97 Å². The molecule has 0 fully saturated rings. The Hall–Kier alpha value is -2.90. The van der Waals surface area contributed by atoms with E-state index in [0.29, 0.717) is 11.2 Å². The van der Waals surface area contributed by atoms with Crippen LogP contribution in [0.25, 0.3) is 16.9 Å². The second-order valence-electron chi connectivity index (χ2n) is 3.83. The summed E-state index contributed by atoms with van der Waals surface area (Å²) in [7, 11) is 1.61. The molecule has 0 saturated heterocycles. The van der Waals surface area contributed by atoms with Crippen molar-refractivity contribution in [3.63, 3.8) is 0 Å². The van der Waals surface area contributed by atoms with Crippen molar-refractivity contribution in [2.45, 2.75) is 0 Å². The number of hydrogen-bond acceptors (Lipinski definition) is 7. The van der Waals surface area contributed by atoms with Gasteiger partial charge in [-0.05, 0) is 24.3 Å². The Kier molecular flexibility index (Phi) is 2.41. The molecule has 0 saturated carbocycles. The number of rotatable bonds is 2. The van der Waals surface area contributed by atoms with Crippen molar-refractivity contribution in [3.05, 3.63) is 24.3 Å². The summed E-state index contributed by atoms with van der Waals surface area (Å²) in [6.45, 7) is 0. The molecule has 0 spiro atoms. The first-order valence-electron chi connectivity index (χ1n) is 5.48. The second kappa shape index (κ2) is 4.09. The molecule has 96 valence electrons. The number of fused-ring (bicyclic) bond motifs is 1. The molecule has 3 aromatic rings. The van der Waals surface area contributed by atoms with Crippen molar-refractivity contribution in [1.82, 2.24) is 25.0 Å². The van der Waals surface area contributed by atoms with Crippen LogP contribution in [-0.4, -0.2) is 32.1 Å². The molecule has 2 aromatic heterocycles. The van der Waals surface area contributed by atoms with E-state index in [2.05, 4.69) is 20.2 Å². The number of ether oxygens (including phenoxy) is 1. The highest BCUT2D eigenvalue weighted by Crippen LogP contribution is 2.18. The number of nitrogens with zero attached hydrogens (tertiary/aromatic N) is 5. The van der Waals surface area contributed by atoms with E-state index in [1.54, 1.807) is 7.11 Å². The number of methoxy groups -OCH3 is 1. The van der Waals surface area contributed by atoms with Gasteiger partial charge in [0.05, 0.1) is 12.8 Å². The fourth-order valence-corrected chi connectivity index (χ4v) is 1.68. The van der Waals surface area contributed by atoms with Crippen LogP contribution in [0.4, 0.5) is 11.8 Å². The molecule has 0 unspecified atom stereocenters. The average molecular weight is 257 g/mol. The van der Waals surface area contributed by atoms with Gasteiger partial charge in [0.25, 0.3) is 0 Å². The number of anilines is 2. The van der Waals surface area contributed by atoms with Gasteiger partial charge in [-0.3, -0.25) is 0 Å². The SMILES string of the molecule is COc1ccc(-n2nc3nc(N)nc(N)c3n2)cc1. The van der Waals surface area contributed by atoms with Crippen LogP contribution < -0.4 is 16.2 Å². The minimum atomic E-state index is 0.0757. The van der Waals surface area contributed by atoms with E-state index in [1.165, 1.54) is 4.80 Å². The summed E-state index contributed by atoms with van der Waals surface area (Å²) in [4.78, 5) is 9.25. The zero-order valence-electron chi connectivity index (χ0n) is 10.1. The monoisotopic (exact) mass is 257 g/mol. The van der Waals surface area contributed by atoms with Gasteiger partial charge in [-0.15, -0.1) is 15.0 Å². The number of nitrogen functional groups attached to an aromatic ring is 2. The largest absolute Gasteiger partial charge is 0.497 e. The minimum Gasteiger partial charge on any atom is -0.497 e. The summed E-state index contributed by atoms with van der Waals surface area (Å²) in [5.74, 6) is 1.04. The maximum atomic E-state index is 5.73. The lowest BCUT2D eigenvalue weighted by Gasteiger charge is -2.01. The number of aromatic nitrogens is 5. The maximum Gasteiger partial charge on any atom is 0.224 e. The van der Waals surface area contributed by atoms with E-state index < -0.39 is 0 Å². The molecule has 0 aliphatic carbocycles. The predicted octanol–water partition coefficient (Wildman–Crippen LogP) is 0.383. The van der Waals surface area contributed by atoms with E-state index in [4.69, 9.17) is 16.2 Å². The van der Waals surface area contributed by atoms with Crippen molar-refractivity contribution >= 4 is 22.9 Å². The van der Waals surface area contributed by atoms with Gasteiger partial charge in [-0.25, -0.2) is 0 Å². The first-order valence-corrected chi connectivity index (χ1v) is 5.48. The lowest BCUT2D eigenvalue weighted by atomic mass is 10.3. The van der Waals surface area contributed by atoms with E-state index in [0.717, 1.165) is 11.4 Å². The maximum absolute atomic E-state index is 5.73. The van der Waals surface area contributed by atoms with Gasteiger partial charge >= 0.3 is 0 Å². The van der Waals surface area contributed by atoms with E-state index in [9.17, 15) is 0 Å². The summed E-state index contributed by atoms with van der Waals surface area (Å²) in [5, 5.41) is 8.45. The molecule has 0 aliphatic rings. The molecular formula is C11H11N7O. The van der Waals surface area contributed by atoms with Crippen LogP contribution in [0.5, 0.6) is 5.75 Å². The van der Waals surface area contributed by atoms with Gasteiger partial charge in [0.15, 0.2) is 11.3 Å². The zero-order chi connectivity index (χ0) is 13.4. The highest BCUT2D eigenvalue weighted by molar-refractivity contribution is 5.81. The van der Waals surface area contributed by atoms with Crippen molar-refractivity contribution in [3.8, 4) is 11.4 Å². The van der Waals surface area contributed by atoms with Crippen molar-refractivity contribution in [2.24, 2.45) is 0 Å². The normalized spacial score (nSPS) is 10.8. The molecule has 3 rings (SSSR count). The van der Waals surface area contributed by atoms with Crippen molar-refractivity contribution in [2.75, 3.05) is 18.6 Å². The topological polar surface area (TPSA) is 118 Å². The summed E-state index contributed by atoms with van der Waals surface area (Å²) in [5.41, 5.74) is 12.8. The molecule has 8 nitrogen and oxygen atoms in total. The van der Waals surface area contributed by atoms with Gasteiger partial charge in [0.1, 0.15) is 5.75 Å². The molecule has 0 atom stereocenters. The van der Waals surface area contributed by atoms with Crippen LogP contribution in [0.3, 0.4) is 0 Å². The van der Waals surface area contributed by atoms with Crippen molar-refractivity contribution in [1.29, 1.82) is 0 Å². The van der Waals surface area contributed by atoms with Gasteiger partial charge in [0.2, 0.25) is 11.6 Å². The third kappa shape index (κ3) is 1.88. The van der Waals surface area contributed by atoms with Gasteiger partial charge in [0, 0.05) is 0 Å². The van der Waals surface area contributed by atoms with E-state index >= 15 is 0 Å². The zero-order valence-corrected chi connectivity index (χ0v) is 10.1. The summed E-state index contributed by atoms with van der Waals surface area (Å²) >= 11 is 0. The van der Waals surface area contributed by atoms with Crippen LogP contribution in [0, 0.1) is 0 Å². The third-order valence-corrected chi connectivity index (χ3v) is 2.60. The third-order valence-electron chi connectivity index (χ3n) is 2.60. The Morgan fingerprint density at radius 2 is 1.79 bits per heavy atom. The molecule has 4 N–H and O–H groups in total. The molecular weight excluding hydrogens is 246 g/mol. The average Bonchev–Trinajstić information content (AvgIpc) is 2.83. The van der Waals surface area contributed by atoms with Crippen LogP contribution in [-0.2, 0) is 0 Å². The Morgan fingerprint density at radius 3 is 2.47 bits per heavy atom. The molecule has 2 heterocycles. The molecule has 0 aliphatic heterocycles. The molecule has 1 aromatic carbocycles. The highest BCUT2D eigenvalue weighted by atomic mass is 16.5. The molecule has 0 bridgehead atoms. The van der Waals surface area contributed by atoms with Gasteiger partial charge in [-0.1, -0.05) is 0 Å². The number of benzene rings is 1. The molecule has 0 radical (unpaired) electrons. The summed E-state index contributed by atoms with van der Waals surface area (Å²) in [6.07, 6.45) is 0. The smallest absolute Gasteiger partial charge is 0.224 e. The Morgan fingerprint density at radius 1 is 1.05 bits per heavy atom. The molecule has 19 heavy (non-hydrogen) atoms. The van der Waals surface area contributed by atoms with Crippen LogP contribution in [0.2, 0.25) is 0 Å². The number of hydrogen-bond donors (Lipinski definition) is 2. The minimum absolute atomic E-state index is 0.0757. The Bertz CT molecular complexity index is 735. The van der Waals surface area contributed by atoms with E-state index in [-0.39, 0.29) is 11.8 Å². The van der Waals surface area contributed by atoms with Gasteiger partial charge < -0.3 is 16.2 Å². The second-order valence-corrected chi connectivity index (χ2v) is 3.83. The predicted molar refractivity (Wildman–Crippen MR) is 69.8 cm³/mol. The van der Waals surface area contributed by atoms with Crippen LogP contribution in [0.1, 0.15) is 0 Å². The molecule has 0 amide bonds. The highest BCUT2D eigenvalue weighted by Gasteiger charge is 2.11. The number of nitrogens with two attached hydrogens (primary N) is 2. The first kappa shape index (κ1) is 11.2. The lowest BCUT2D eigenvalue weighted by molar-refractivity contribution is 0.414.